The van der Waals surface area contributed by atoms with Crippen molar-refractivity contribution in [2.75, 3.05) is 20.3 Å². The molecular formula is C20H20N2O4. The van der Waals surface area contributed by atoms with Crippen LogP contribution in [0.25, 0.3) is 5.52 Å². The molecule has 0 saturated heterocycles. The first-order valence-corrected chi connectivity index (χ1v) is 8.28. The van der Waals surface area contributed by atoms with Crippen LogP contribution >= 0.6 is 0 Å². The molecule has 0 fully saturated rings. The van der Waals surface area contributed by atoms with Crippen LogP contribution in [-0.4, -0.2) is 36.4 Å². The minimum absolute atomic E-state index is 0.0841. The predicted octanol–water partition coefficient (Wildman–Crippen LogP) is 2.22. The summed E-state index contributed by atoms with van der Waals surface area (Å²) < 4.78 is 12.0. The van der Waals surface area contributed by atoms with Crippen LogP contribution in [0, 0.1) is 0 Å². The number of pyridine rings is 1. The Bertz CT molecular complexity index is 932. The third-order valence-electron chi connectivity index (χ3n) is 4.09. The molecule has 0 aliphatic carbocycles. The molecule has 0 atom stereocenters. The number of hydrogen-bond acceptors (Lipinski definition) is 5. The number of nitrogens with two attached hydrogens (primary N) is 1. The lowest BCUT2D eigenvalue weighted by molar-refractivity contribution is -0.142. The van der Waals surface area contributed by atoms with Gasteiger partial charge in [0.25, 0.3) is 0 Å². The normalized spacial score (nSPS) is 10.7. The number of methoxy groups -OCH3 is 1. The SMILES string of the molecule is COC(=O)COc1cccn2c(C(=O)c3ccccc3)c(CCN)cc12. The highest BCUT2D eigenvalue weighted by Crippen LogP contribution is 2.27. The summed E-state index contributed by atoms with van der Waals surface area (Å²) in [5, 5.41) is 0. The van der Waals surface area contributed by atoms with Crippen LogP contribution in [0.1, 0.15) is 21.6 Å². The monoisotopic (exact) mass is 352 g/mol. The van der Waals surface area contributed by atoms with Crippen molar-refractivity contribution in [2.45, 2.75) is 6.42 Å². The maximum atomic E-state index is 13.1. The highest BCUT2D eigenvalue weighted by atomic mass is 16.6. The first-order valence-electron chi connectivity index (χ1n) is 8.28. The van der Waals surface area contributed by atoms with Crippen molar-refractivity contribution in [2.24, 2.45) is 5.73 Å². The number of hydrogen-bond donors (Lipinski definition) is 1. The van der Waals surface area contributed by atoms with Gasteiger partial charge in [0.2, 0.25) is 5.78 Å². The van der Waals surface area contributed by atoms with Gasteiger partial charge in [0.15, 0.2) is 6.61 Å². The van der Waals surface area contributed by atoms with E-state index >= 15 is 0 Å². The third-order valence-corrected chi connectivity index (χ3v) is 4.09. The van der Waals surface area contributed by atoms with E-state index in [1.165, 1.54) is 7.11 Å². The van der Waals surface area contributed by atoms with Crippen LogP contribution in [0.2, 0.25) is 0 Å². The maximum absolute atomic E-state index is 13.1. The molecule has 26 heavy (non-hydrogen) atoms. The molecule has 2 heterocycles. The van der Waals surface area contributed by atoms with Crippen molar-refractivity contribution >= 4 is 17.3 Å². The van der Waals surface area contributed by atoms with Crippen molar-refractivity contribution in [1.29, 1.82) is 0 Å². The Morgan fingerprint density at radius 3 is 2.58 bits per heavy atom. The van der Waals surface area contributed by atoms with Crippen LogP contribution in [0.4, 0.5) is 0 Å². The number of rotatable bonds is 7. The number of aromatic nitrogens is 1. The summed E-state index contributed by atoms with van der Waals surface area (Å²) in [6.07, 6.45) is 2.36. The largest absolute Gasteiger partial charge is 0.480 e. The van der Waals surface area contributed by atoms with Crippen molar-refractivity contribution < 1.29 is 19.1 Å². The molecule has 2 N–H and O–H groups in total. The summed E-state index contributed by atoms with van der Waals surface area (Å²) in [4.78, 5) is 24.4. The van der Waals surface area contributed by atoms with Gasteiger partial charge >= 0.3 is 5.97 Å². The summed E-state index contributed by atoms with van der Waals surface area (Å²) in [5.41, 5.74) is 8.44. The van der Waals surface area contributed by atoms with E-state index in [1.54, 1.807) is 34.9 Å². The average Bonchev–Trinajstić information content (AvgIpc) is 3.05. The van der Waals surface area contributed by atoms with Gasteiger partial charge in [0.1, 0.15) is 5.75 Å². The second-order valence-electron chi connectivity index (χ2n) is 5.74. The van der Waals surface area contributed by atoms with E-state index in [0.717, 1.165) is 5.56 Å². The number of fused-ring (bicyclic) bond motifs is 1. The van der Waals surface area contributed by atoms with E-state index in [4.69, 9.17) is 10.5 Å². The Morgan fingerprint density at radius 2 is 1.88 bits per heavy atom. The van der Waals surface area contributed by atoms with Gasteiger partial charge in [-0.1, -0.05) is 30.3 Å². The van der Waals surface area contributed by atoms with Crippen molar-refractivity contribution in [3.8, 4) is 5.75 Å². The maximum Gasteiger partial charge on any atom is 0.343 e. The highest BCUT2D eigenvalue weighted by Gasteiger charge is 2.20. The number of carbonyl (C=O) groups is 2. The Kier molecular flexibility index (Phi) is 5.34. The lowest BCUT2D eigenvalue weighted by Gasteiger charge is -2.09. The summed E-state index contributed by atoms with van der Waals surface area (Å²) in [6, 6.07) is 14.5. The molecule has 1 aromatic carbocycles. The van der Waals surface area contributed by atoms with E-state index in [0.29, 0.717) is 35.5 Å². The Morgan fingerprint density at radius 1 is 1.12 bits per heavy atom. The van der Waals surface area contributed by atoms with Crippen molar-refractivity contribution in [3.63, 3.8) is 0 Å². The van der Waals surface area contributed by atoms with Gasteiger partial charge in [-0.25, -0.2) is 4.79 Å². The molecule has 6 nitrogen and oxygen atoms in total. The fourth-order valence-corrected chi connectivity index (χ4v) is 2.87. The van der Waals surface area contributed by atoms with E-state index in [1.807, 2.05) is 24.3 Å². The zero-order valence-corrected chi connectivity index (χ0v) is 14.5. The fourth-order valence-electron chi connectivity index (χ4n) is 2.87. The Labute approximate surface area is 151 Å². The number of benzene rings is 1. The van der Waals surface area contributed by atoms with Gasteiger partial charge in [-0.3, -0.25) is 4.79 Å². The molecule has 3 rings (SSSR count). The van der Waals surface area contributed by atoms with Crippen LogP contribution in [0.5, 0.6) is 5.75 Å². The summed E-state index contributed by atoms with van der Waals surface area (Å²) >= 11 is 0. The van der Waals surface area contributed by atoms with Gasteiger partial charge in [-0.15, -0.1) is 0 Å². The minimum atomic E-state index is -0.471. The van der Waals surface area contributed by atoms with E-state index in [2.05, 4.69) is 4.74 Å². The topological polar surface area (TPSA) is 83.0 Å². The molecule has 0 aliphatic heterocycles. The summed E-state index contributed by atoms with van der Waals surface area (Å²) in [6.45, 7) is 0.222. The van der Waals surface area contributed by atoms with E-state index < -0.39 is 5.97 Å². The molecule has 0 amide bonds. The van der Waals surface area contributed by atoms with Gasteiger partial charge in [0, 0.05) is 11.8 Å². The standard InChI is InChI=1S/C20H20N2O4/c1-25-18(23)13-26-17-8-5-11-22-16(17)12-15(9-10-21)19(22)20(24)14-6-3-2-4-7-14/h2-8,11-12H,9-10,13,21H2,1H3. The van der Waals surface area contributed by atoms with Crippen LogP contribution < -0.4 is 10.5 Å². The van der Waals surface area contributed by atoms with E-state index in [9.17, 15) is 9.59 Å². The number of nitrogens with zero attached hydrogens (tertiary/aromatic N) is 1. The highest BCUT2D eigenvalue weighted by molar-refractivity contribution is 6.09. The lowest BCUT2D eigenvalue weighted by atomic mass is 10.0. The molecular weight excluding hydrogens is 332 g/mol. The predicted molar refractivity (Wildman–Crippen MR) is 97.5 cm³/mol. The van der Waals surface area contributed by atoms with E-state index in [-0.39, 0.29) is 12.4 Å². The number of carbonyl (C=O) groups excluding carboxylic acids is 2. The summed E-state index contributed by atoms with van der Waals surface area (Å²) in [7, 11) is 1.31. The average molecular weight is 352 g/mol. The van der Waals surface area contributed by atoms with Gasteiger partial charge in [-0.05, 0) is 36.7 Å². The van der Waals surface area contributed by atoms with Gasteiger partial charge in [-0.2, -0.15) is 0 Å². The molecule has 2 aromatic heterocycles. The lowest BCUT2D eigenvalue weighted by Crippen LogP contribution is -2.13. The Hall–Kier alpha value is -3.12. The molecule has 0 bridgehead atoms. The minimum Gasteiger partial charge on any atom is -0.480 e. The van der Waals surface area contributed by atoms with Gasteiger partial charge < -0.3 is 19.6 Å². The van der Waals surface area contributed by atoms with Crippen molar-refractivity contribution in [3.05, 3.63) is 71.5 Å². The molecule has 0 saturated carbocycles. The quantitative estimate of drug-likeness (QED) is 0.521. The Balaban J connectivity index is 2.08. The van der Waals surface area contributed by atoms with Crippen LogP contribution in [-0.2, 0) is 16.0 Å². The second kappa shape index (κ2) is 7.84. The van der Waals surface area contributed by atoms with Gasteiger partial charge in [0.05, 0.1) is 18.3 Å². The molecule has 6 heteroatoms. The molecule has 0 unspecified atom stereocenters. The second-order valence-corrected chi connectivity index (χ2v) is 5.74. The smallest absolute Gasteiger partial charge is 0.343 e. The zero-order valence-electron chi connectivity index (χ0n) is 14.5. The number of esters is 1. The number of ether oxygens (including phenoxy) is 2. The first-order chi connectivity index (χ1) is 12.7. The molecule has 3 aromatic rings. The third kappa shape index (κ3) is 3.45. The summed E-state index contributed by atoms with van der Waals surface area (Å²) in [5.74, 6) is -0.0521. The molecule has 134 valence electrons. The zero-order chi connectivity index (χ0) is 18.5. The fraction of sp³-hybridized carbons (Fsp3) is 0.200. The first kappa shape index (κ1) is 17.7. The molecule has 0 spiro atoms. The molecule has 0 radical (unpaired) electrons. The number of ketones is 1. The van der Waals surface area contributed by atoms with Crippen LogP contribution in [0.15, 0.2) is 54.7 Å². The van der Waals surface area contributed by atoms with Crippen LogP contribution in [0.3, 0.4) is 0 Å². The molecule has 0 aliphatic rings. The van der Waals surface area contributed by atoms with Crippen molar-refractivity contribution in [1.82, 2.24) is 4.40 Å².